The Labute approximate surface area is 206 Å². The van der Waals surface area contributed by atoms with E-state index in [0.29, 0.717) is 45.9 Å². The van der Waals surface area contributed by atoms with Gasteiger partial charge in [0.15, 0.2) is 5.76 Å². The Hall–Kier alpha value is -4.28. The van der Waals surface area contributed by atoms with Crippen molar-refractivity contribution in [3.8, 4) is 17.1 Å². The summed E-state index contributed by atoms with van der Waals surface area (Å²) in [6.45, 7) is 4.14. The van der Waals surface area contributed by atoms with Gasteiger partial charge in [-0.2, -0.15) is 0 Å². The zero-order valence-electron chi connectivity index (χ0n) is 18.6. The predicted molar refractivity (Wildman–Crippen MR) is 131 cm³/mol. The van der Waals surface area contributed by atoms with Crippen molar-refractivity contribution in [2.45, 2.75) is 13.2 Å². The van der Waals surface area contributed by atoms with Crippen LogP contribution in [-0.2, 0) is 17.9 Å². The molecule has 0 bridgehead atoms. The van der Waals surface area contributed by atoms with Crippen molar-refractivity contribution in [2.75, 3.05) is 11.9 Å². The second-order valence-corrected chi connectivity index (χ2v) is 7.75. The summed E-state index contributed by atoms with van der Waals surface area (Å²) in [5, 5.41) is 10.3. The van der Waals surface area contributed by atoms with Crippen molar-refractivity contribution in [1.82, 2.24) is 25.4 Å². The molecule has 0 saturated carbocycles. The number of nitrogens with zero attached hydrogens (tertiary/aromatic N) is 4. The highest BCUT2D eigenvalue weighted by Gasteiger charge is 2.15. The van der Waals surface area contributed by atoms with Crippen molar-refractivity contribution in [2.24, 2.45) is 5.73 Å². The molecule has 0 aliphatic rings. The zero-order chi connectivity index (χ0) is 24.6. The number of hydrogen-bond donors (Lipinski definition) is 3. The first-order valence-electron chi connectivity index (χ1n) is 10.5. The molecule has 35 heavy (non-hydrogen) atoms. The van der Waals surface area contributed by atoms with Crippen LogP contribution in [0.2, 0.25) is 5.02 Å². The molecule has 10 nitrogen and oxygen atoms in total. The highest BCUT2D eigenvalue weighted by molar-refractivity contribution is 6.32. The number of aromatic nitrogens is 4. The molecule has 0 aliphatic carbocycles. The van der Waals surface area contributed by atoms with Crippen LogP contribution in [0.3, 0.4) is 0 Å². The number of anilines is 2. The van der Waals surface area contributed by atoms with E-state index in [1.807, 2.05) is 24.3 Å². The van der Waals surface area contributed by atoms with E-state index in [-0.39, 0.29) is 24.6 Å². The fourth-order valence-electron chi connectivity index (χ4n) is 2.99. The molecule has 0 saturated heterocycles. The Bertz CT molecular complexity index is 1330. The summed E-state index contributed by atoms with van der Waals surface area (Å²) in [6, 6.07) is 12.6. The third-order valence-electron chi connectivity index (χ3n) is 4.83. The van der Waals surface area contributed by atoms with Gasteiger partial charge in [0.1, 0.15) is 30.2 Å². The molecule has 11 heteroatoms. The van der Waals surface area contributed by atoms with Crippen LogP contribution in [-0.4, -0.2) is 32.6 Å². The molecular weight excluding hydrogens is 470 g/mol. The number of carbonyl (C=O) groups excluding carboxylic acids is 1. The summed E-state index contributed by atoms with van der Waals surface area (Å²) >= 11 is 6.42. The van der Waals surface area contributed by atoms with E-state index < -0.39 is 0 Å². The van der Waals surface area contributed by atoms with Crippen molar-refractivity contribution >= 4 is 29.0 Å². The third-order valence-corrected chi connectivity index (χ3v) is 5.13. The molecule has 3 heterocycles. The fourth-order valence-corrected chi connectivity index (χ4v) is 3.22. The van der Waals surface area contributed by atoms with Gasteiger partial charge in [-0.3, -0.25) is 9.78 Å². The number of pyridine rings is 1. The molecule has 0 atom stereocenters. The van der Waals surface area contributed by atoms with Gasteiger partial charge in [0.25, 0.3) is 0 Å². The molecule has 4 rings (SSSR count). The first-order chi connectivity index (χ1) is 17.0. The largest absolute Gasteiger partial charge is 0.486 e. The second-order valence-electron chi connectivity index (χ2n) is 7.34. The molecule has 178 valence electrons. The van der Waals surface area contributed by atoms with Crippen molar-refractivity contribution < 1.29 is 14.1 Å². The Balaban J connectivity index is 1.44. The van der Waals surface area contributed by atoms with Crippen LogP contribution < -0.4 is 21.1 Å². The number of halogens is 1. The lowest BCUT2D eigenvalue weighted by atomic mass is 10.2. The van der Waals surface area contributed by atoms with Gasteiger partial charge >= 0.3 is 0 Å². The number of rotatable bonds is 10. The second kappa shape index (κ2) is 11.2. The van der Waals surface area contributed by atoms with Crippen molar-refractivity contribution in [3.63, 3.8) is 0 Å². The van der Waals surface area contributed by atoms with E-state index in [2.05, 4.69) is 37.3 Å². The SMILES string of the molecule is C=C(CN)C(=O)NCc1cc(-c2cncnc2Nc2ccc(OCc3ccccn3)c(Cl)c2)on1. The lowest BCUT2D eigenvalue weighted by molar-refractivity contribution is -0.117. The van der Waals surface area contributed by atoms with Crippen molar-refractivity contribution in [1.29, 1.82) is 0 Å². The van der Waals surface area contributed by atoms with Gasteiger partial charge < -0.3 is 25.6 Å². The summed E-state index contributed by atoms with van der Waals surface area (Å²) in [5.41, 5.74) is 8.29. The van der Waals surface area contributed by atoms with E-state index >= 15 is 0 Å². The topological polar surface area (TPSA) is 141 Å². The summed E-state index contributed by atoms with van der Waals surface area (Å²) in [7, 11) is 0. The normalized spacial score (nSPS) is 10.6. The monoisotopic (exact) mass is 491 g/mol. The highest BCUT2D eigenvalue weighted by atomic mass is 35.5. The Kier molecular flexibility index (Phi) is 7.66. The lowest BCUT2D eigenvalue weighted by Crippen LogP contribution is -2.27. The average molecular weight is 492 g/mol. The summed E-state index contributed by atoms with van der Waals surface area (Å²) in [6.07, 6.45) is 4.72. The predicted octanol–water partition coefficient (Wildman–Crippen LogP) is 3.63. The molecule has 0 spiro atoms. The number of nitrogens with one attached hydrogen (secondary N) is 2. The van der Waals surface area contributed by atoms with Crippen LogP contribution in [0.1, 0.15) is 11.4 Å². The maximum atomic E-state index is 11.8. The average Bonchev–Trinajstić information content (AvgIpc) is 3.36. The van der Waals surface area contributed by atoms with Crippen LogP contribution >= 0.6 is 11.6 Å². The first kappa shape index (κ1) is 23.9. The Morgan fingerprint density at radius 1 is 1.17 bits per heavy atom. The Morgan fingerprint density at radius 2 is 2.06 bits per heavy atom. The Morgan fingerprint density at radius 3 is 2.83 bits per heavy atom. The van der Waals surface area contributed by atoms with E-state index in [1.165, 1.54) is 6.33 Å². The molecular formula is C24H22ClN7O3. The minimum Gasteiger partial charge on any atom is -0.486 e. The van der Waals surface area contributed by atoms with Gasteiger partial charge in [0.2, 0.25) is 5.91 Å². The fraction of sp³-hybridized carbons (Fsp3) is 0.125. The maximum Gasteiger partial charge on any atom is 0.248 e. The number of benzene rings is 1. The van der Waals surface area contributed by atoms with E-state index in [4.69, 9.17) is 26.6 Å². The molecule has 1 amide bonds. The minimum absolute atomic E-state index is 0.0770. The third kappa shape index (κ3) is 6.19. The number of hydrogen-bond acceptors (Lipinski definition) is 9. The summed E-state index contributed by atoms with van der Waals surface area (Å²) < 4.78 is 11.2. The summed E-state index contributed by atoms with van der Waals surface area (Å²) in [5.74, 6) is 1.11. The minimum atomic E-state index is -0.341. The number of nitrogens with two attached hydrogens (primary N) is 1. The van der Waals surface area contributed by atoms with Crippen LogP contribution in [0.4, 0.5) is 11.5 Å². The quantitative estimate of drug-likeness (QED) is 0.283. The van der Waals surface area contributed by atoms with Gasteiger partial charge in [0.05, 0.1) is 22.8 Å². The van der Waals surface area contributed by atoms with Crippen LogP contribution in [0.25, 0.3) is 11.3 Å². The van der Waals surface area contributed by atoms with Crippen LogP contribution in [0.5, 0.6) is 5.75 Å². The van der Waals surface area contributed by atoms with E-state index in [9.17, 15) is 4.79 Å². The van der Waals surface area contributed by atoms with Gasteiger partial charge in [0, 0.05) is 36.3 Å². The maximum absolute atomic E-state index is 11.8. The lowest BCUT2D eigenvalue weighted by Gasteiger charge is -2.11. The van der Waals surface area contributed by atoms with Crippen LogP contribution in [0.15, 0.2) is 77.9 Å². The molecule has 3 aromatic heterocycles. The van der Waals surface area contributed by atoms with Crippen LogP contribution in [0, 0.1) is 0 Å². The number of amides is 1. The van der Waals surface area contributed by atoms with Crippen molar-refractivity contribution in [3.05, 3.63) is 89.7 Å². The number of ether oxygens (including phenoxy) is 1. The van der Waals surface area contributed by atoms with Gasteiger partial charge in [-0.15, -0.1) is 0 Å². The van der Waals surface area contributed by atoms with E-state index in [0.717, 1.165) is 5.69 Å². The standard InChI is InChI=1S/C24H22ClN7O3/c1-15(10-26)24(33)29-11-18-9-22(35-32-18)19-12-27-14-30-23(19)31-16-5-6-21(20(25)8-16)34-13-17-4-2-3-7-28-17/h2-9,12,14H,1,10-11,13,26H2,(H,29,33)(H,27,30,31). The molecule has 0 fully saturated rings. The number of carbonyl (C=O) groups is 1. The summed E-state index contributed by atoms with van der Waals surface area (Å²) in [4.78, 5) is 24.5. The molecule has 0 radical (unpaired) electrons. The van der Waals surface area contributed by atoms with Gasteiger partial charge in [-0.1, -0.05) is 29.4 Å². The first-order valence-corrected chi connectivity index (χ1v) is 10.9. The smallest absolute Gasteiger partial charge is 0.248 e. The molecule has 1 aromatic carbocycles. The van der Waals surface area contributed by atoms with Gasteiger partial charge in [-0.25, -0.2) is 9.97 Å². The molecule has 4 N–H and O–H groups in total. The van der Waals surface area contributed by atoms with Gasteiger partial charge in [-0.05, 0) is 30.3 Å². The zero-order valence-corrected chi connectivity index (χ0v) is 19.3. The molecule has 0 unspecified atom stereocenters. The highest BCUT2D eigenvalue weighted by Crippen LogP contribution is 2.32. The van der Waals surface area contributed by atoms with E-state index in [1.54, 1.807) is 30.6 Å². The molecule has 0 aliphatic heterocycles. The molecule has 4 aromatic rings.